The van der Waals surface area contributed by atoms with Crippen LogP contribution in [0.5, 0.6) is 0 Å². The maximum Gasteiger partial charge on any atom is 0.317 e. The molecule has 1 unspecified atom stereocenters. The monoisotopic (exact) mass is 288 g/mol. The Bertz CT molecular complexity index is 325. The number of thioether (sulfide) groups is 1. The van der Waals surface area contributed by atoms with E-state index >= 15 is 0 Å². The summed E-state index contributed by atoms with van der Waals surface area (Å²) in [6.07, 6.45) is 6.60. The van der Waals surface area contributed by atoms with Crippen molar-refractivity contribution in [2.45, 2.75) is 43.9 Å². The second-order valence-corrected chi connectivity index (χ2v) is 6.31. The molecule has 6 heteroatoms. The lowest BCUT2D eigenvalue weighted by atomic mass is 9.95. The molecule has 1 aliphatic carbocycles. The van der Waals surface area contributed by atoms with Gasteiger partial charge in [-0.25, -0.2) is 4.79 Å². The molecule has 0 saturated heterocycles. The highest BCUT2D eigenvalue weighted by Crippen LogP contribution is 2.27. The molecular formula is C13H24N2O3S. The molecule has 0 heterocycles. The maximum atomic E-state index is 12.0. The molecule has 2 N–H and O–H groups in total. The topological polar surface area (TPSA) is 69.6 Å². The average molecular weight is 288 g/mol. The van der Waals surface area contributed by atoms with E-state index in [0.717, 1.165) is 19.3 Å². The number of carboxylic acids is 1. The standard InChI is InChI=1S/C13H24N2O3S/c1-9(12(16)17)8-15(2)13(18)14-10-6-4-5-7-11(10)19-3/h9-11H,4-8H2,1-3H3,(H,14,18)(H,16,17)/t9?,10-,11-/m0/s1. The van der Waals surface area contributed by atoms with Crippen LogP contribution in [-0.4, -0.2) is 53.1 Å². The summed E-state index contributed by atoms with van der Waals surface area (Å²) in [4.78, 5) is 24.3. The van der Waals surface area contributed by atoms with E-state index in [9.17, 15) is 9.59 Å². The van der Waals surface area contributed by atoms with Gasteiger partial charge in [-0.15, -0.1) is 0 Å². The fourth-order valence-electron chi connectivity index (χ4n) is 2.38. The van der Waals surface area contributed by atoms with Gasteiger partial charge < -0.3 is 15.3 Å². The number of nitrogens with zero attached hydrogens (tertiary/aromatic N) is 1. The first-order valence-corrected chi connectivity index (χ1v) is 8.01. The van der Waals surface area contributed by atoms with E-state index in [1.807, 2.05) is 0 Å². The smallest absolute Gasteiger partial charge is 0.317 e. The first-order valence-electron chi connectivity index (χ1n) is 6.73. The van der Waals surface area contributed by atoms with E-state index in [1.165, 1.54) is 11.3 Å². The van der Waals surface area contributed by atoms with Crippen LogP contribution in [0.25, 0.3) is 0 Å². The first kappa shape index (κ1) is 16.1. The number of carboxylic acid groups (broad SMARTS) is 1. The van der Waals surface area contributed by atoms with Crippen LogP contribution < -0.4 is 5.32 Å². The molecule has 1 rings (SSSR count). The number of carbonyl (C=O) groups is 2. The van der Waals surface area contributed by atoms with Crippen molar-refractivity contribution in [2.24, 2.45) is 5.92 Å². The number of urea groups is 1. The van der Waals surface area contributed by atoms with E-state index in [-0.39, 0.29) is 18.6 Å². The first-order chi connectivity index (χ1) is 8.95. The Hall–Kier alpha value is -0.910. The summed E-state index contributed by atoms with van der Waals surface area (Å²) in [5.41, 5.74) is 0. The van der Waals surface area contributed by atoms with Gasteiger partial charge >= 0.3 is 12.0 Å². The Labute approximate surface area is 119 Å². The van der Waals surface area contributed by atoms with Gasteiger partial charge in [0.25, 0.3) is 0 Å². The fraction of sp³-hybridized carbons (Fsp3) is 0.846. The van der Waals surface area contributed by atoms with E-state index < -0.39 is 11.9 Å². The van der Waals surface area contributed by atoms with Crippen LogP contribution in [0.4, 0.5) is 4.79 Å². The highest BCUT2D eigenvalue weighted by atomic mass is 32.2. The molecule has 110 valence electrons. The third kappa shape index (κ3) is 4.93. The Kier molecular flexibility index (Phi) is 6.48. The molecule has 0 aromatic rings. The van der Waals surface area contributed by atoms with Crippen molar-refractivity contribution in [1.82, 2.24) is 10.2 Å². The summed E-state index contributed by atoms with van der Waals surface area (Å²) in [5.74, 6) is -1.42. The van der Waals surface area contributed by atoms with Crippen molar-refractivity contribution in [3.63, 3.8) is 0 Å². The Morgan fingerprint density at radius 3 is 2.63 bits per heavy atom. The van der Waals surface area contributed by atoms with Gasteiger partial charge in [-0.2, -0.15) is 11.8 Å². The largest absolute Gasteiger partial charge is 0.481 e. The Morgan fingerprint density at radius 2 is 2.05 bits per heavy atom. The van der Waals surface area contributed by atoms with Crippen molar-refractivity contribution < 1.29 is 14.7 Å². The third-order valence-electron chi connectivity index (χ3n) is 3.63. The van der Waals surface area contributed by atoms with Gasteiger partial charge in [-0.3, -0.25) is 4.79 Å². The summed E-state index contributed by atoms with van der Waals surface area (Å²) in [6, 6.07) is 0.0397. The van der Waals surface area contributed by atoms with E-state index in [4.69, 9.17) is 5.11 Å². The zero-order valence-corrected chi connectivity index (χ0v) is 12.7. The molecule has 1 saturated carbocycles. The quantitative estimate of drug-likeness (QED) is 0.812. The zero-order chi connectivity index (χ0) is 14.4. The molecule has 0 aromatic heterocycles. The Balaban J connectivity index is 2.46. The molecule has 19 heavy (non-hydrogen) atoms. The predicted octanol–water partition coefficient (Wildman–Crippen LogP) is 2.02. The molecule has 2 amide bonds. The van der Waals surface area contributed by atoms with Gasteiger partial charge in [0, 0.05) is 24.9 Å². The highest BCUT2D eigenvalue weighted by molar-refractivity contribution is 7.99. The van der Waals surface area contributed by atoms with Gasteiger partial charge in [0.05, 0.1) is 5.92 Å². The van der Waals surface area contributed by atoms with Crippen molar-refractivity contribution in [2.75, 3.05) is 19.8 Å². The molecule has 3 atom stereocenters. The minimum absolute atomic E-state index is 0.168. The number of aliphatic carboxylic acids is 1. The van der Waals surface area contributed by atoms with E-state index in [2.05, 4.69) is 11.6 Å². The molecule has 0 aromatic carbocycles. The summed E-state index contributed by atoms with van der Waals surface area (Å²) in [5, 5.41) is 12.4. The lowest BCUT2D eigenvalue weighted by molar-refractivity contribution is -0.141. The van der Waals surface area contributed by atoms with Crippen LogP contribution >= 0.6 is 11.8 Å². The van der Waals surface area contributed by atoms with Crippen LogP contribution in [0.15, 0.2) is 0 Å². The molecule has 1 fully saturated rings. The highest BCUT2D eigenvalue weighted by Gasteiger charge is 2.27. The molecule has 0 aliphatic heterocycles. The minimum Gasteiger partial charge on any atom is -0.481 e. The van der Waals surface area contributed by atoms with Crippen LogP contribution in [-0.2, 0) is 4.79 Å². The van der Waals surface area contributed by atoms with Crippen molar-refractivity contribution in [1.29, 1.82) is 0 Å². The predicted molar refractivity (Wildman–Crippen MR) is 77.5 cm³/mol. The zero-order valence-electron chi connectivity index (χ0n) is 11.9. The SMILES string of the molecule is CS[C@H]1CCCC[C@@H]1NC(=O)N(C)CC(C)C(=O)O. The van der Waals surface area contributed by atoms with Crippen LogP contribution in [0.1, 0.15) is 32.6 Å². The van der Waals surface area contributed by atoms with Crippen LogP contribution in [0.3, 0.4) is 0 Å². The minimum atomic E-state index is -0.876. The molecule has 0 radical (unpaired) electrons. The van der Waals surface area contributed by atoms with Gasteiger partial charge in [0.15, 0.2) is 0 Å². The number of hydrogen-bond acceptors (Lipinski definition) is 3. The molecule has 5 nitrogen and oxygen atoms in total. The van der Waals surface area contributed by atoms with Gasteiger partial charge in [-0.1, -0.05) is 19.8 Å². The number of carbonyl (C=O) groups excluding carboxylic acids is 1. The summed E-state index contributed by atoms with van der Waals surface area (Å²) >= 11 is 1.80. The van der Waals surface area contributed by atoms with Crippen LogP contribution in [0.2, 0.25) is 0 Å². The van der Waals surface area contributed by atoms with Gasteiger partial charge in [0.1, 0.15) is 0 Å². The normalized spacial score (nSPS) is 24.6. The Morgan fingerprint density at radius 1 is 1.42 bits per heavy atom. The second-order valence-electron chi connectivity index (χ2n) is 5.23. The van der Waals surface area contributed by atoms with Crippen molar-refractivity contribution in [3.8, 4) is 0 Å². The summed E-state index contributed by atoms with van der Waals surface area (Å²) < 4.78 is 0. The van der Waals surface area contributed by atoms with E-state index in [0.29, 0.717) is 5.25 Å². The van der Waals surface area contributed by atoms with Gasteiger partial charge in [0.2, 0.25) is 0 Å². The van der Waals surface area contributed by atoms with Crippen LogP contribution in [0, 0.1) is 5.92 Å². The lowest BCUT2D eigenvalue weighted by Crippen LogP contribution is -2.49. The van der Waals surface area contributed by atoms with E-state index in [1.54, 1.807) is 25.7 Å². The number of amides is 2. The molecular weight excluding hydrogens is 264 g/mol. The van der Waals surface area contributed by atoms with Crippen molar-refractivity contribution in [3.05, 3.63) is 0 Å². The summed E-state index contributed by atoms with van der Waals surface area (Å²) in [7, 11) is 1.64. The van der Waals surface area contributed by atoms with Crippen molar-refractivity contribution >= 4 is 23.8 Å². The number of nitrogens with one attached hydrogen (secondary N) is 1. The summed E-state index contributed by atoms with van der Waals surface area (Å²) in [6.45, 7) is 1.84. The molecule has 1 aliphatic rings. The fourth-order valence-corrected chi connectivity index (χ4v) is 3.32. The number of hydrogen-bond donors (Lipinski definition) is 2. The second kappa shape index (κ2) is 7.62. The molecule has 0 bridgehead atoms. The average Bonchev–Trinajstić information content (AvgIpc) is 2.38. The third-order valence-corrected chi connectivity index (χ3v) is 4.80. The molecule has 0 spiro atoms. The lowest BCUT2D eigenvalue weighted by Gasteiger charge is -2.32. The maximum absolute atomic E-state index is 12.0. The number of rotatable bonds is 5. The van der Waals surface area contributed by atoms with Gasteiger partial charge in [-0.05, 0) is 19.1 Å².